The highest BCUT2D eigenvalue weighted by Gasteiger charge is 2.18. The van der Waals surface area contributed by atoms with Gasteiger partial charge in [-0.2, -0.15) is 11.8 Å². The second kappa shape index (κ2) is 9.84. The quantitative estimate of drug-likeness (QED) is 0.509. The van der Waals surface area contributed by atoms with Gasteiger partial charge < -0.3 is 15.6 Å². The Kier molecular flexibility index (Phi) is 6.96. The van der Waals surface area contributed by atoms with Gasteiger partial charge >= 0.3 is 0 Å². The number of H-pyrrole nitrogens is 1. The van der Waals surface area contributed by atoms with E-state index in [1.807, 2.05) is 30.5 Å². The normalized spacial score (nSPS) is 11.9. The molecule has 1 atom stereocenters. The first kappa shape index (κ1) is 19.8. The molecule has 2 heterocycles. The minimum atomic E-state index is -0.350. The molecule has 1 aromatic carbocycles. The lowest BCUT2D eigenvalue weighted by molar-refractivity contribution is -0.121. The van der Waals surface area contributed by atoms with E-state index in [1.165, 1.54) is 18.6 Å². The number of amides is 2. The average Bonchev–Trinajstić information content (AvgIpc) is 3.15. The largest absolute Gasteiger partial charge is 0.350 e. The van der Waals surface area contributed by atoms with Crippen molar-refractivity contribution in [3.05, 3.63) is 54.4 Å². The van der Waals surface area contributed by atoms with Crippen molar-refractivity contribution in [2.75, 3.05) is 18.6 Å². The van der Waals surface area contributed by atoms with E-state index in [0.717, 1.165) is 29.0 Å². The Bertz CT molecular complexity index is 897. The molecule has 0 spiro atoms. The standard InChI is InChI=1S/C19H22N6O2S/c1-28-11-7-15(18-24-13-4-2-3-5-14(13)25-18)23-17(26)6-8-22-19(27)16-12-20-9-10-21-16/h2-5,9-10,12,15H,6-8,11H2,1H3,(H,22,27)(H,23,26)(H,24,25)/t15-/m1/s1. The van der Waals surface area contributed by atoms with E-state index < -0.39 is 0 Å². The smallest absolute Gasteiger partial charge is 0.271 e. The summed E-state index contributed by atoms with van der Waals surface area (Å²) < 4.78 is 0. The van der Waals surface area contributed by atoms with Gasteiger partial charge in [0.15, 0.2) is 0 Å². The van der Waals surface area contributed by atoms with Gasteiger partial charge in [0.05, 0.1) is 23.3 Å². The van der Waals surface area contributed by atoms with Crippen LogP contribution in [0.15, 0.2) is 42.9 Å². The van der Waals surface area contributed by atoms with Gasteiger partial charge in [-0.1, -0.05) is 12.1 Å². The maximum Gasteiger partial charge on any atom is 0.271 e. The highest BCUT2D eigenvalue weighted by Crippen LogP contribution is 2.20. The molecule has 3 N–H and O–H groups in total. The highest BCUT2D eigenvalue weighted by atomic mass is 32.2. The van der Waals surface area contributed by atoms with Crippen molar-refractivity contribution in [1.82, 2.24) is 30.6 Å². The van der Waals surface area contributed by atoms with Crippen molar-refractivity contribution in [3.63, 3.8) is 0 Å². The van der Waals surface area contributed by atoms with Crippen molar-refractivity contribution in [2.45, 2.75) is 18.9 Å². The minimum Gasteiger partial charge on any atom is -0.350 e. The molecule has 2 amide bonds. The molecular formula is C19H22N6O2S. The number of imidazole rings is 1. The van der Waals surface area contributed by atoms with Gasteiger partial charge in [0, 0.05) is 25.4 Å². The van der Waals surface area contributed by atoms with E-state index >= 15 is 0 Å². The molecule has 8 nitrogen and oxygen atoms in total. The molecular weight excluding hydrogens is 376 g/mol. The predicted molar refractivity (Wildman–Crippen MR) is 109 cm³/mol. The fraction of sp³-hybridized carbons (Fsp3) is 0.316. The highest BCUT2D eigenvalue weighted by molar-refractivity contribution is 7.98. The second-order valence-corrected chi connectivity index (χ2v) is 7.12. The Morgan fingerprint density at radius 3 is 2.86 bits per heavy atom. The molecule has 0 saturated heterocycles. The van der Waals surface area contributed by atoms with Crippen molar-refractivity contribution in [1.29, 1.82) is 0 Å². The van der Waals surface area contributed by atoms with Crippen LogP contribution >= 0.6 is 11.8 Å². The van der Waals surface area contributed by atoms with Crippen LogP contribution in [0, 0.1) is 0 Å². The van der Waals surface area contributed by atoms with Gasteiger partial charge in [-0.05, 0) is 30.6 Å². The Balaban J connectivity index is 1.56. The fourth-order valence-corrected chi connectivity index (χ4v) is 3.18. The molecule has 0 saturated carbocycles. The number of benzene rings is 1. The van der Waals surface area contributed by atoms with Gasteiger partial charge in [-0.3, -0.25) is 14.6 Å². The summed E-state index contributed by atoms with van der Waals surface area (Å²) in [5.41, 5.74) is 2.04. The molecule has 0 radical (unpaired) electrons. The lowest BCUT2D eigenvalue weighted by Crippen LogP contribution is -2.33. The molecule has 0 bridgehead atoms. The van der Waals surface area contributed by atoms with Crippen LogP contribution in [0.3, 0.4) is 0 Å². The van der Waals surface area contributed by atoms with E-state index in [4.69, 9.17) is 0 Å². The number of nitrogens with one attached hydrogen (secondary N) is 3. The molecule has 0 aliphatic rings. The third-order valence-electron chi connectivity index (χ3n) is 4.12. The van der Waals surface area contributed by atoms with Crippen molar-refractivity contribution in [3.8, 4) is 0 Å². The number of fused-ring (bicyclic) bond motifs is 1. The zero-order valence-electron chi connectivity index (χ0n) is 15.5. The van der Waals surface area contributed by atoms with E-state index in [1.54, 1.807) is 11.8 Å². The third kappa shape index (κ3) is 5.29. The number of carbonyl (C=O) groups is 2. The summed E-state index contributed by atoms with van der Waals surface area (Å²) in [6.07, 6.45) is 7.29. The van der Waals surface area contributed by atoms with E-state index in [-0.39, 0.29) is 36.5 Å². The summed E-state index contributed by atoms with van der Waals surface area (Å²) in [6.45, 7) is 0.219. The van der Waals surface area contributed by atoms with Gasteiger partial charge in [0.1, 0.15) is 11.5 Å². The molecule has 146 valence electrons. The number of aromatic nitrogens is 4. The first-order chi connectivity index (χ1) is 13.7. The zero-order valence-corrected chi connectivity index (χ0v) is 16.3. The zero-order chi connectivity index (χ0) is 19.8. The molecule has 9 heteroatoms. The molecule has 28 heavy (non-hydrogen) atoms. The number of hydrogen-bond acceptors (Lipinski definition) is 6. The Morgan fingerprint density at radius 1 is 1.25 bits per heavy atom. The van der Waals surface area contributed by atoms with Crippen LogP contribution in [0.2, 0.25) is 0 Å². The molecule has 3 rings (SSSR count). The summed E-state index contributed by atoms with van der Waals surface area (Å²) in [5.74, 6) is 1.14. The number of para-hydroxylation sites is 2. The summed E-state index contributed by atoms with van der Waals surface area (Å²) in [4.78, 5) is 40.0. The Labute approximate surface area is 167 Å². The second-order valence-electron chi connectivity index (χ2n) is 6.14. The molecule has 0 aliphatic carbocycles. The van der Waals surface area contributed by atoms with Crippen LogP contribution in [-0.4, -0.2) is 50.3 Å². The molecule has 3 aromatic rings. The monoisotopic (exact) mass is 398 g/mol. The fourth-order valence-electron chi connectivity index (χ4n) is 2.71. The lowest BCUT2D eigenvalue weighted by atomic mass is 10.2. The van der Waals surface area contributed by atoms with Crippen LogP contribution in [0.5, 0.6) is 0 Å². The minimum absolute atomic E-state index is 0.147. The van der Waals surface area contributed by atoms with E-state index in [9.17, 15) is 9.59 Å². The number of nitrogens with zero attached hydrogens (tertiary/aromatic N) is 3. The van der Waals surface area contributed by atoms with Gasteiger partial charge in [0.25, 0.3) is 5.91 Å². The summed E-state index contributed by atoms with van der Waals surface area (Å²) in [5, 5.41) is 5.70. The van der Waals surface area contributed by atoms with E-state index in [0.29, 0.717) is 0 Å². The van der Waals surface area contributed by atoms with Crippen LogP contribution in [0.4, 0.5) is 0 Å². The summed E-state index contributed by atoms with van der Waals surface area (Å²) in [6, 6.07) is 7.57. The van der Waals surface area contributed by atoms with Crippen molar-refractivity contribution < 1.29 is 9.59 Å². The maximum atomic E-state index is 12.4. The first-order valence-corrected chi connectivity index (χ1v) is 10.3. The molecule has 2 aromatic heterocycles. The van der Waals surface area contributed by atoms with Crippen LogP contribution in [0.25, 0.3) is 11.0 Å². The number of hydrogen-bond donors (Lipinski definition) is 3. The van der Waals surface area contributed by atoms with Crippen LogP contribution < -0.4 is 10.6 Å². The Hall–Kier alpha value is -2.94. The molecule has 0 fully saturated rings. The van der Waals surface area contributed by atoms with Crippen LogP contribution in [0.1, 0.15) is 35.2 Å². The van der Waals surface area contributed by atoms with Gasteiger partial charge in [-0.25, -0.2) is 9.97 Å². The summed E-state index contributed by atoms with van der Waals surface area (Å²) in [7, 11) is 0. The summed E-state index contributed by atoms with van der Waals surface area (Å²) >= 11 is 1.72. The van der Waals surface area contributed by atoms with Gasteiger partial charge in [-0.15, -0.1) is 0 Å². The van der Waals surface area contributed by atoms with Crippen molar-refractivity contribution >= 4 is 34.6 Å². The Morgan fingerprint density at radius 2 is 2.11 bits per heavy atom. The number of rotatable bonds is 9. The first-order valence-electron chi connectivity index (χ1n) is 8.94. The number of thioether (sulfide) groups is 1. The molecule has 0 aliphatic heterocycles. The SMILES string of the molecule is CSCC[C@@H](NC(=O)CCNC(=O)c1cnccn1)c1nc2ccccc2[nH]1. The van der Waals surface area contributed by atoms with Crippen molar-refractivity contribution in [2.24, 2.45) is 0 Å². The average molecular weight is 398 g/mol. The topological polar surface area (TPSA) is 113 Å². The maximum absolute atomic E-state index is 12.4. The predicted octanol–water partition coefficient (Wildman–Crippen LogP) is 2.08. The number of carbonyl (C=O) groups excluding carboxylic acids is 2. The molecule has 0 unspecified atom stereocenters. The van der Waals surface area contributed by atoms with Crippen LogP contribution in [-0.2, 0) is 4.79 Å². The van der Waals surface area contributed by atoms with E-state index in [2.05, 4.69) is 30.6 Å². The van der Waals surface area contributed by atoms with Gasteiger partial charge in [0.2, 0.25) is 5.91 Å². The third-order valence-corrected chi connectivity index (χ3v) is 4.76. The lowest BCUT2D eigenvalue weighted by Gasteiger charge is -2.16. The number of aromatic amines is 1.